The van der Waals surface area contributed by atoms with E-state index in [9.17, 15) is 0 Å². The predicted octanol–water partition coefficient (Wildman–Crippen LogP) is 0.0466. The highest BCUT2D eigenvalue weighted by molar-refractivity contribution is 5.48. The third kappa shape index (κ3) is 2.32. The lowest BCUT2D eigenvalue weighted by Gasteiger charge is -2.35. The Balaban J connectivity index is 1.64. The average molecular weight is 234 g/mol. The molecule has 0 spiro atoms. The topological polar surface area (TPSA) is 70.3 Å². The van der Waals surface area contributed by atoms with Crippen LogP contribution in [0.15, 0.2) is 12.4 Å². The minimum absolute atomic E-state index is 0.666. The van der Waals surface area contributed by atoms with Gasteiger partial charge in [-0.1, -0.05) is 0 Å². The smallest absolute Gasteiger partial charge is 0.145 e. The van der Waals surface area contributed by atoms with Crippen molar-refractivity contribution in [1.82, 2.24) is 14.9 Å². The number of hydrogen-bond acceptors (Lipinski definition) is 6. The molecule has 0 radical (unpaired) electrons. The van der Waals surface area contributed by atoms with Gasteiger partial charge < -0.3 is 10.3 Å². The van der Waals surface area contributed by atoms with Crippen LogP contribution in [0, 0.1) is 0 Å². The van der Waals surface area contributed by atoms with E-state index in [1.54, 1.807) is 6.33 Å². The first-order valence-electron chi connectivity index (χ1n) is 6.14. The van der Waals surface area contributed by atoms with Crippen molar-refractivity contribution in [2.24, 2.45) is 5.84 Å². The maximum absolute atomic E-state index is 5.35. The van der Waals surface area contributed by atoms with Gasteiger partial charge in [0.25, 0.3) is 0 Å². The van der Waals surface area contributed by atoms with Crippen molar-refractivity contribution in [1.29, 1.82) is 0 Å². The second kappa shape index (κ2) is 4.46. The van der Waals surface area contributed by atoms with Gasteiger partial charge in [0.2, 0.25) is 0 Å². The molecule has 0 atom stereocenters. The number of aromatic nitrogens is 2. The maximum Gasteiger partial charge on any atom is 0.145 e. The minimum Gasteiger partial charge on any atom is -0.354 e. The number of nitrogens with one attached hydrogen (secondary N) is 1. The highest BCUT2D eigenvalue weighted by atomic mass is 15.3. The van der Waals surface area contributed by atoms with E-state index in [4.69, 9.17) is 5.84 Å². The van der Waals surface area contributed by atoms with E-state index >= 15 is 0 Å². The molecule has 0 bridgehead atoms. The van der Waals surface area contributed by atoms with Gasteiger partial charge in [-0.25, -0.2) is 15.8 Å². The normalized spacial score (nSPS) is 21.6. The number of hydrogen-bond donors (Lipinski definition) is 2. The monoisotopic (exact) mass is 234 g/mol. The van der Waals surface area contributed by atoms with Crippen molar-refractivity contribution in [3.8, 4) is 0 Å². The molecule has 1 aromatic heterocycles. The summed E-state index contributed by atoms with van der Waals surface area (Å²) in [5, 5.41) is 0. The molecule has 3 N–H and O–H groups in total. The predicted molar refractivity (Wildman–Crippen MR) is 66.7 cm³/mol. The van der Waals surface area contributed by atoms with Crippen molar-refractivity contribution in [2.45, 2.75) is 18.9 Å². The second-order valence-electron chi connectivity index (χ2n) is 4.66. The van der Waals surface area contributed by atoms with Gasteiger partial charge >= 0.3 is 0 Å². The molecule has 1 aliphatic carbocycles. The molecular formula is C11H18N6. The van der Waals surface area contributed by atoms with Crippen molar-refractivity contribution in [3.63, 3.8) is 0 Å². The van der Waals surface area contributed by atoms with Crippen LogP contribution in [0.2, 0.25) is 0 Å². The van der Waals surface area contributed by atoms with Crippen LogP contribution in [-0.2, 0) is 0 Å². The standard InChI is InChI=1S/C11H18N6/c12-15-10-7-11(14-8-13-10)17-5-3-16(4-6-17)9-1-2-9/h7-9H,1-6,12H2,(H,13,14,15). The number of piperazine rings is 1. The Kier molecular flexibility index (Phi) is 2.82. The van der Waals surface area contributed by atoms with Gasteiger partial charge in [-0.15, -0.1) is 0 Å². The summed E-state index contributed by atoms with van der Waals surface area (Å²) in [5.74, 6) is 6.98. The molecule has 17 heavy (non-hydrogen) atoms. The summed E-state index contributed by atoms with van der Waals surface area (Å²) in [6.45, 7) is 4.36. The molecule has 92 valence electrons. The van der Waals surface area contributed by atoms with Gasteiger partial charge in [0.15, 0.2) is 0 Å². The van der Waals surface area contributed by atoms with Crippen LogP contribution >= 0.6 is 0 Å². The van der Waals surface area contributed by atoms with Crippen LogP contribution in [0.3, 0.4) is 0 Å². The van der Waals surface area contributed by atoms with E-state index in [2.05, 4.69) is 25.2 Å². The summed E-state index contributed by atoms with van der Waals surface area (Å²) in [4.78, 5) is 13.2. The zero-order chi connectivity index (χ0) is 11.7. The summed E-state index contributed by atoms with van der Waals surface area (Å²) in [6.07, 6.45) is 4.32. The van der Waals surface area contributed by atoms with Crippen LogP contribution in [0.1, 0.15) is 12.8 Å². The number of hydrazine groups is 1. The Morgan fingerprint density at radius 3 is 2.59 bits per heavy atom. The lowest BCUT2D eigenvalue weighted by Crippen LogP contribution is -2.47. The summed E-state index contributed by atoms with van der Waals surface area (Å²) in [5.41, 5.74) is 2.56. The van der Waals surface area contributed by atoms with E-state index in [0.29, 0.717) is 5.82 Å². The molecule has 2 fully saturated rings. The molecule has 3 rings (SSSR count). The van der Waals surface area contributed by atoms with Gasteiger partial charge in [0.1, 0.15) is 18.0 Å². The first-order valence-corrected chi connectivity index (χ1v) is 6.14. The minimum atomic E-state index is 0.666. The molecular weight excluding hydrogens is 216 g/mol. The number of nitrogens with zero attached hydrogens (tertiary/aromatic N) is 4. The first-order chi connectivity index (χ1) is 8.36. The van der Waals surface area contributed by atoms with E-state index in [-0.39, 0.29) is 0 Å². The molecule has 2 aliphatic rings. The van der Waals surface area contributed by atoms with Crippen LogP contribution < -0.4 is 16.2 Å². The van der Waals surface area contributed by atoms with Crippen LogP contribution in [0.4, 0.5) is 11.6 Å². The van der Waals surface area contributed by atoms with E-state index in [0.717, 1.165) is 38.0 Å². The lowest BCUT2D eigenvalue weighted by molar-refractivity contribution is 0.247. The van der Waals surface area contributed by atoms with Gasteiger partial charge in [-0.05, 0) is 12.8 Å². The van der Waals surface area contributed by atoms with Crippen molar-refractivity contribution >= 4 is 11.6 Å². The first kappa shape index (κ1) is 10.7. The highest BCUT2D eigenvalue weighted by Crippen LogP contribution is 2.28. The highest BCUT2D eigenvalue weighted by Gasteiger charge is 2.31. The number of nitrogen functional groups attached to an aromatic ring is 1. The van der Waals surface area contributed by atoms with Gasteiger partial charge in [-0.2, -0.15) is 0 Å². The SMILES string of the molecule is NNc1cc(N2CCN(C3CC3)CC2)ncn1. The summed E-state index contributed by atoms with van der Waals surface area (Å²) >= 11 is 0. The molecule has 1 aromatic rings. The molecule has 6 heteroatoms. The number of nitrogens with two attached hydrogens (primary N) is 1. The largest absolute Gasteiger partial charge is 0.354 e. The Hall–Kier alpha value is -1.40. The number of rotatable bonds is 3. The fraction of sp³-hybridized carbons (Fsp3) is 0.636. The molecule has 0 unspecified atom stereocenters. The second-order valence-corrected chi connectivity index (χ2v) is 4.66. The summed E-state index contributed by atoms with van der Waals surface area (Å²) < 4.78 is 0. The van der Waals surface area contributed by atoms with Crippen molar-refractivity contribution in [3.05, 3.63) is 12.4 Å². The molecule has 6 nitrogen and oxygen atoms in total. The van der Waals surface area contributed by atoms with Gasteiger partial charge in [0.05, 0.1) is 0 Å². The van der Waals surface area contributed by atoms with Crippen molar-refractivity contribution in [2.75, 3.05) is 36.5 Å². The molecule has 1 aliphatic heterocycles. The third-order valence-electron chi connectivity index (χ3n) is 3.50. The van der Waals surface area contributed by atoms with Crippen LogP contribution in [0.5, 0.6) is 0 Å². The maximum atomic E-state index is 5.35. The molecule has 0 aromatic carbocycles. The lowest BCUT2D eigenvalue weighted by atomic mass is 10.3. The summed E-state index contributed by atoms with van der Waals surface area (Å²) in [7, 11) is 0. The average Bonchev–Trinajstić information content (AvgIpc) is 3.23. The fourth-order valence-electron chi connectivity index (χ4n) is 2.35. The number of anilines is 2. The van der Waals surface area contributed by atoms with E-state index in [1.165, 1.54) is 12.8 Å². The van der Waals surface area contributed by atoms with E-state index < -0.39 is 0 Å². The molecule has 0 amide bonds. The van der Waals surface area contributed by atoms with Crippen LogP contribution in [-0.4, -0.2) is 47.1 Å². The summed E-state index contributed by atoms with van der Waals surface area (Å²) in [6, 6.07) is 2.76. The van der Waals surface area contributed by atoms with E-state index in [1.807, 2.05) is 6.07 Å². The zero-order valence-electron chi connectivity index (χ0n) is 9.84. The quantitative estimate of drug-likeness (QED) is 0.569. The Morgan fingerprint density at radius 1 is 1.18 bits per heavy atom. The van der Waals surface area contributed by atoms with Crippen LogP contribution in [0.25, 0.3) is 0 Å². The Morgan fingerprint density at radius 2 is 1.94 bits per heavy atom. The van der Waals surface area contributed by atoms with Gasteiger partial charge in [-0.3, -0.25) is 4.90 Å². The molecule has 2 heterocycles. The zero-order valence-corrected chi connectivity index (χ0v) is 9.84. The third-order valence-corrected chi connectivity index (χ3v) is 3.50. The Labute approximate surface area is 101 Å². The van der Waals surface area contributed by atoms with Crippen molar-refractivity contribution < 1.29 is 0 Å². The fourth-order valence-corrected chi connectivity index (χ4v) is 2.35. The molecule has 1 saturated heterocycles. The van der Waals surface area contributed by atoms with Gasteiger partial charge in [0, 0.05) is 38.3 Å². The Bertz CT molecular complexity index is 383. The molecule has 1 saturated carbocycles.